The van der Waals surface area contributed by atoms with Crippen LogP contribution in [0.15, 0.2) is 16.0 Å². The van der Waals surface area contributed by atoms with Gasteiger partial charge in [-0.1, -0.05) is 32.5 Å². The summed E-state index contributed by atoms with van der Waals surface area (Å²) in [6.07, 6.45) is 0. The van der Waals surface area contributed by atoms with Crippen LogP contribution in [-0.2, 0) is 21.6 Å². The van der Waals surface area contributed by atoms with Gasteiger partial charge in [0.2, 0.25) is 0 Å². The highest BCUT2D eigenvalue weighted by molar-refractivity contribution is 7.99. The zero-order valence-electron chi connectivity index (χ0n) is 13.0. The molecule has 2 rings (SSSR count). The quantitative estimate of drug-likeness (QED) is 0.608. The molecular weight excluding hydrogens is 290 g/mol. The second kappa shape index (κ2) is 5.81. The van der Waals surface area contributed by atoms with Gasteiger partial charge in [0.15, 0.2) is 5.16 Å². The summed E-state index contributed by atoms with van der Waals surface area (Å²) >= 11 is 1.45. The maximum Gasteiger partial charge on any atom is 0.254 e. The second-order valence-electron chi connectivity index (χ2n) is 6.15. The summed E-state index contributed by atoms with van der Waals surface area (Å²) in [4.78, 5) is 33.9. The van der Waals surface area contributed by atoms with Gasteiger partial charge in [-0.15, -0.1) is 0 Å². The molecule has 0 aliphatic carbocycles. The van der Waals surface area contributed by atoms with Crippen molar-refractivity contribution in [2.45, 2.75) is 37.9 Å². The van der Waals surface area contributed by atoms with Crippen LogP contribution < -0.4 is 5.56 Å². The number of nitrogens with zero attached hydrogens (tertiary/aromatic N) is 3. The molecule has 0 spiro atoms. The Hall–Kier alpha value is -1.34. The number of hydroxylamine groups is 2. The molecule has 0 radical (unpaired) electrons. The Kier molecular flexibility index (Phi) is 4.43. The largest absolute Gasteiger partial charge is 0.287 e. The van der Waals surface area contributed by atoms with Gasteiger partial charge in [-0.3, -0.25) is 19.0 Å². The van der Waals surface area contributed by atoms with Gasteiger partial charge in [-0.25, -0.2) is 10.0 Å². The molecule has 1 atom stereocenters. The standard InChI is InChI=1S/C14H21N3O3S/c1-14(2,3)10-6-11(18)17-7-9(8-21-13(17)15-10)12(19)16(4)20-5/h6,9H,7-8H2,1-5H3. The normalized spacial score (nSPS) is 18.2. The van der Waals surface area contributed by atoms with Crippen molar-refractivity contribution < 1.29 is 9.63 Å². The lowest BCUT2D eigenvalue weighted by atomic mass is 9.92. The Morgan fingerprint density at radius 1 is 1.52 bits per heavy atom. The van der Waals surface area contributed by atoms with Crippen LogP contribution in [0.2, 0.25) is 0 Å². The minimum Gasteiger partial charge on any atom is -0.287 e. The van der Waals surface area contributed by atoms with Gasteiger partial charge >= 0.3 is 0 Å². The van der Waals surface area contributed by atoms with Crippen molar-refractivity contribution in [2.24, 2.45) is 5.92 Å². The molecule has 21 heavy (non-hydrogen) atoms. The van der Waals surface area contributed by atoms with E-state index in [9.17, 15) is 9.59 Å². The Balaban J connectivity index is 2.31. The van der Waals surface area contributed by atoms with Crippen molar-refractivity contribution in [2.75, 3.05) is 19.9 Å². The Morgan fingerprint density at radius 2 is 2.19 bits per heavy atom. The number of carbonyl (C=O) groups excluding carboxylic acids is 1. The van der Waals surface area contributed by atoms with E-state index in [4.69, 9.17) is 4.84 Å². The molecule has 1 aromatic heterocycles. The Morgan fingerprint density at radius 3 is 2.76 bits per heavy atom. The number of thioether (sulfide) groups is 1. The highest BCUT2D eigenvalue weighted by atomic mass is 32.2. The molecule has 0 aromatic carbocycles. The summed E-state index contributed by atoms with van der Waals surface area (Å²) in [7, 11) is 3.03. The molecule has 1 aliphatic rings. The van der Waals surface area contributed by atoms with E-state index in [2.05, 4.69) is 4.98 Å². The molecule has 2 heterocycles. The summed E-state index contributed by atoms with van der Waals surface area (Å²) in [6, 6.07) is 1.57. The molecule has 0 N–H and O–H groups in total. The zero-order valence-corrected chi connectivity index (χ0v) is 13.9. The average Bonchev–Trinajstić information content (AvgIpc) is 2.44. The van der Waals surface area contributed by atoms with Crippen LogP contribution in [-0.4, -0.2) is 40.4 Å². The first-order valence-corrected chi connectivity index (χ1v) is 7.79. The van der Waals surface area contributed by atoms with Crippen LogP contribution in [0.1, 0.15) is 26.5 Å². The highest BCUT2D eigenvalue weighted by Gasteiger charge is 2.30. The van der Waals surface area contributed by atoms with Gasteiger partial charge in [-0.05, 0) is 0 Å². The average molecular weight is 311 g/mol. The fraction of sp³-hybridized carbons (Fsp3) is 0.643. The summed E-state index contributed by atoms with van der Waals surface area (Å²) in [5.41, 5.74) is 0.512. The maximum absolute atomic E-state index is 12.3. The fourth-order valence-electron chi connectivity index (χ4n) is 2.09. The first kappa shape index (κ1) is 16.0. The van der Waals surface area contributed by atoms with Crippen molar-refractivity contribution >= 4 is 17.7 Å². The van der Waals surface area contributed by atoms with Crippen LogP contribution in [0.5, 0.6) is 0 Å². The smallest absolute Gasteiger partial charge is 0.254 e. The number of amides is 1. The number of fused-ring (bicyclic) bond motifs is 1. The van der Waals surface area contributed by atoms with E-state index in [0.29, 0.717) is 17.5 Å². The minimum absolute atomic E-state index is 0.102. The maximum atomic E-state index is 12.3. The van der Waals surface area contributed by atoms with E-state index in [0.717, 1.165) is 5.69 Å². The molecule has 1 unspecified atom stereocenters. The molecule has 1 aliphatic heterocycles. The number of carbonyl (C=O) groups is 1. The van der Waals surface area contributed by atoms with E-state index in [1.165, 1.54) is 23.9 Å². The molecule has 6 nitrogen and oxygen atoms in total. The third kappa shape index (κ3) is 3.29. The van der Waals surface area contributed by atoms with E-state index in [1.54, 1.807) is 17.7 Å². The van der Waals surface area contributed by atoms with Crippen LogP contribution in [0.25, 0.3) is 0 Å². The predicted molar refractivity (Wildman–Crippen MR) is 81.2 cm³/mol. The van der Waals surface area contributed by atoms with Crippen molar-refractivity contribution in [1.82, 2.24) is 14.6 Å². The lowest BCUT2D eigenvalue weighted by Crippen LogP contribution is -2.40. The van der Waals surface area contributed by atoms with Crippen LogP contribution in [0.3, 0.4) is 0 Å². The van der Waals surface area contributed by atoms with Crippen LogP contribution in [0.4, 0.5) is 0 Å². The number of hydrogen-bond donors (Lipinski definition) is 0. The van der Waals surface area contributed by atoms with Gasteiger partial charge in [0.05, 0.1) is 18.7 Å². The fourth-order valence-corrected chi connectivity index (χ4v) is 3.17. The highest BCUT2D eigenvalue weighted by Crippen LogP contribution is 2.28. The molecule has 0 saturated heterocycles. The van der Waals surface area contributed by atoms with Crippen molar-refractivity contribution in [3.63, 3.8) is 0 Å². The molecule has 1 aromatic rings. The van der Waals surface area contributed by atoms with Gasteiger partial charge in [0.25, 0.3) is 11.5 Å². The summed E-state index contributed by atoms with van der Waals surface area (Å²) in [5, 5.41) is 1.90. The van der Waals surface area contributed by atoms with E-state index >= 15 is 0 Å². The Bertz CT molecular complexity index is 606. The lowest BCUT2D eigenvalue weighted by Gasteiger charge is -2.28. The van der Waals surface area contributed by atoms with Gasteiger partial charge in [0.1, 0.15) is 0 Å². The third-order valence-corrected chi connectivity index (χ3v) is 4.63. The second-order valence-corrected chi connectivity index (χ2v) is 7.14. The first-order valence-electron chi connectivity index (χ1n) is 6.81. The molecule has 0 saturated carbocycles. The Labute approximate surface area is 128 Å². The van der Waals surface area contributed by atoms with Crippen molar-refractivity contribution in [1.29, 1.82) is 0 Å². The van der Waals surface area contributed by atoms with Crippen molar-refractivity contribution in [3.8, 4) is 0 Å². The van der Waals surface area contributed by atoms with Gasteiger partial charge < -0.3 is 0 Å². The van der Waals surface area contributed by atoms with Crippen LogP contribution in [0, 0.1) is 5.92 Å². The summed E-state index contributed by atoms with van der Waals surface area (Å²) < 4.78 is 1.58. The van der Waals surface area contributed by atoms with Crippen LogP contribution >= 0.6 is 11.8 Å². The molecule has 0 fully saturated rings. The topological polar surface area (TPSA) is 64.4 Å². The zero-order chi connectivity index (χ0) is 15.8. The molecule has 7 heteroatoms. The molecule has 0 bridgehead atoms. The molecule has 116 valence electrons. The first-order chi connectivity index (χ1) is 9.74. The lowest BCUT2D eigenvalue weighted by molar-refractivity contribution is -0.173. The monoisotopic (exact) mass is 311 g/mol. The number of rotatable bonds is 2. The van der Waals surface area contributed by atoms with Crippen molar-refractivity contribution in [3.05, 3.63) is 22.1 Å². The van der Waals surface area contributed by atoms with Gasteiger partial charge in [0, 0.05) is 30.8 Å². The van der Waals surface area contributed by atoms with E-state index in [1.807, 2.05) is 20.8 Å². The molecule has 1 amide bonds. The summed E-state index contributed by atoms with van der Waals surface area (Å²) in [5.74, 6) is 0.210. The third-order valence-electron chi connectivity index (χ3n) is 3.49. The number of aromatic nitrogens is 2. The SMILES string of the molecule is CON(C)C(=O)C1CSc2nc(C(C)(C)C)cc(=O)n2C1. The van der Waals surface area contributed by atoms with E-state index < -0.39 is 0 Å². The number of hydrogen-bond acceptors (Lipinski definition) is 5. The molecular formula is C14H21N3O3S. The van der Waals surface area contributed by atoms with E-state index in [-0.39, 0.29) is 22.8 Å². The van der Waals surface area contributed by atoms with Gasteiger partial charge in [-0.2, -0.15) is 0 Å². The minimum atomic E-state index is -0.271. The summed E-state index contributed by atoms with van der Waals surface area (Å²) in [6.45, 7) is 6.43. The predicted octanol–water partition coefficient (Wildman–Crippen LogP) is 1.28.